The van der Waals surface area contributed by atoms with Crippen molar-refractivity contribution in [2.45, 2.75) is 13.3 Å². The summed E-state index contributed by atoms with van der Waals surface area (Å²) in [4.78, 5) is 11.1. The van der Waals surface area contributed by atoms with Crippen LogP contribution in [0.4, 0.5) is 10.1 Å². The lowest BCUT2D eigenvalue weighted by molar-refractivity contribution is -0.120. The molecule has 0 aliphatic carbocycles. The molecule has 1 rings (SSSR count). The van der Waals surface area contributed by atoms with E-state index in [2.05, 4.69) is 10.6 Å². The van der Waals surface area contributed by atoms with Gasteiger partial charge in [0, 0.05) is 25.2 Å². The van der Waals surface area contributed by atoms with E-state index in [1.807, 2.05) is 6.92 Å². The van der Waals surface area contributed by atoms with Crippen LogP contribution in [-0.4, -0.2) is 19.0 Å². The zero-order valence-corrected chi connectivity index (χ0v) is 8.72. The van der Waals surface area contributed by atoms with Crippen LogP contribution in [0.25, 0.3) is 0 Å². The van der Waals surface area contributed by atoms with Gasteiger partial charge in [-0.05, 0) is 31.2 Å². The molecular formula is C11H15FN2O. The van der Waals surface area contributed by atoms with E-state index in [0.717, 1.165) is 5.69 Å². The van der Waals surface area contributed by atoms with Crippen LogP contribution < -0.4 is 10.6 Å². The van der Waals surface area contributed by atoms with Crippen molar-refractivity contribution < 1.29 is 9.18 Å². The lowest BCUT2D eigenvalue weighted by atomic mass is 10.3. The Kier molecular flexibility index (Phi) is 4.60. The van der Waals surface area contributed by atoms with Gasteiger partial charge in [-0.3, -0.25) is 4.79 Å². The second-order valence-electron chi connectivity index (χ2n) is 3.14. The monoisotopic (exact) mass is 210 g/mol. The Balaban J connectivity index is 2.26. The summed E-state index contributed by atoms with van der Waals surface area (Å²) in [5, 5.41) is 5.74. The molecule has 0 aromatic heterocycles. The molecule has 0 radical (unpaired) electrons. The summed E-state index contributed by atoms with van der Waals surface area (Å²) in [5.41, 5.74) is 0.820. The average molecular weight is 210 g/mol. The summed E-state index contributed by atoms with van der Waals surface area (Å²) in [6.45, 7) is 3.08. The van der Waals surface area contributed by atoms with Crippen LogP contribution in [-0.2, 0) is 4.79 Å². The number of nitrogens with one attached hydrogen (secondary N) is 2. The van der Waals surface area contributed by atoms with Crippen LogP contribution in [0.1, 0.15) is 13.3 Å². The number of rotatable bonds is 5. The summed E-state index contributed by atoms with van der Waals surface area (Å²) < 4.78 is 12.5. The summed E-state index contributed by atoms with van der Waals surface area (Å²) in [7, 11) is 0. The Labute approximate surface area is 88.7 Å². The molecule has 2 N–H and O–H groups in total. The number of benzene rings is 1. The van der Waals surface area contributed by atoms with Crippen molar-refractivity contribution in [3.8, 4) is 0 Å². The van der Waals surface area contributed by atoms with Gasteiger partial charge in [-0.25, -0.2) is 4.39 Å². The average Bonchev–Trinajstić information content (AvgIpc) is 2.21. The van der Waals surface area contributed by atoms with Crippen LogP contribution in [0.5, 0.6) is 0 Å². The quantitative estimate of drug-likeness (QED) is 0.777. The van der Waals surface area contributed by atoms with Crippen LogP contribution >= 0.6 is 0 Å². The second kappa shape index (κ2) is 6.01. The molecule has 0 fully saturated rings. The third-order valence-electron chi connectivity index (χ3n) is 1.90. The van der Waals surface area contributed by atoms with E-state index in [-0.39, 0.29) is 11.7 Å². The predicted molar refractivity (Wildman–Crippen MR) is 58.2 cm³/mol. The summed E-state index contributed by atoms with van der Waals surface area (Å²) in [5.74, 6) is -0.239. The smallest absolute Gasteiger partial charge is 0.221 e. The minimum atomic E-state index is -0.260. The number of carbonyl (C=O) groups excluding carboxylic acids is 1. The molecule has 0 aliphatic heterocycles. The maximum Gasteiger partial charge on any atom is 0.221 e. The van der Waals surface area contributed by atoms with Crippen LogP contribution in [0.3, 0.4) is 0 Å². The highest BCUT2D eigenvalue weighted by Crippen LogP contribution is 2.07. The topological polar surface area (TPSA) is 41.1 Å². The van der Waals surface area contributed by atoms with Gasteiger partial charge in [0.1, 0.15) is 5.82 Å². The van der Waals surface area contributed by atoms with Gasteiger partial charge in [-0.2, -0.15) is 0 Å². The molecule has 0 unspecified atom stereocenters. The van der Waals surface area contributed by atoms with E-state index in [1.54, 1.807) is 12.1 Å². The van der Waals surface area contributed by atoms with Gasteiger partial charge in [-0.1, -0.05) is 0 Å². The number of anilines is 1. The summed E-state index contributed by atoms with van der Waals surface area (Å²) >= 11 is 0. The van der Waals surface area contributed by atoms with Gasteiger partial charge in [0.2, 0.25) is 5.91 Å². The Morgan fingerprint density at radius 2 is 2.00 bits per heavy atom. The van der Waals surface area contributed by atoms with E-state index < -0.39 is 0 Å². The zero-order chi connectivity index (χ0) is 11.1. The highest BCUT2D eigenvalue weighted by atomic mass is 19.1. The molecule has 0 saturated carbocycles. The summed E-state index contributed by atoms with van der Waals surface area (Å²) in [6, 6.07) is 6.06. The maximum atomic E-state index is 12.5. The minimum absolute atomic E-state index is 0.0205. The lowest BCUT2D eigenvalue weighted by Crippen LogP contribution is -2.24. The largest absolute Gasteiger partial charge is 0.385 e. The maximum absolute atomic E-state index is 12.5. The number of amides is 1. The van der Waals surface area contributed by atoms with E-state index in [9.17, 15) is 9.18 Å². The normalized spacial score (nSPS) is 9.73. The molecule has 1 amide bonds. The number of carbonyl (C=O) groups is 1. The van der Waals surface area contributed by atoms with Crippen molar-refractivity contribution in [1.82, 2.24) is 5.32 Å². The van der Waals surface area contributed by atoms with Gasteiger partial charge in [0.05, 0.1) is 0 Å². The fraction of sp³-hybridized carbons (Fsp3) is 0.364. The zero-order valence-electron chi connectivity index (χ0n) is 8.72. The molecule has 0 atom stereocenters. The van der Waals surface area contributed by atoms with Crippen LogP contribution in [0, 0.1) is 5.82 Å². The molecule has 1 aromatic rings. The molecule has 0 heterocycles. The standard InChI is InChI=1S/C11H15FN2O/c1-2-13-11(15)7-8-14-10-5-3-9(12)4-6-10/h3-6,14H,2,7-8H2,1H3,(H,13,15). The number of hydrogen-bond acceptors (Lipinski definition) is 2. The first-order chi connectivity index (χ1) is 7.22. The molecule has 82 valence electrons. The fourth-order valence-electron chi connectivity index (χ4n) is 1.17. The van der Waals surface area contributed by atoms with Gasteiger partial charge >= 0.3 is 0 Å². The first-order valence-electron chi connectivity index (χ1n) is 4.98. The third-order valence-corrected chi connectivity index (χ3v) is 1.90. The van der Waals surface area contributed by atoms with Gasteiger partial charge in [0.15, 0.2) is 0 Å². The highest BCUT2D eigenvalue weighted by molar-refractivity contribution is 5.76. The minimum Gasteiger partial charge on any atom is -0.385 e. The van der Waals surface area contributed by atoms with Crippen molar-refractivity contribution in [2.75, 3.05) is 18.4 Å². The Bertz CT molecular complexity index is 311. The highest BCUT2D eigenvalue weighted by Gasteiger charge is 1.98. The molecule has 0 saturated heterocycles. The van der Waals surface area contributed by atoms with Crippen LogP contribution in [0.15, 0.2) is 24.3 Å². The van der Waals surface area contributed by atoms with Crippen molar-refractivity contribution in [3.63, 3.8) is 0 Å². The third kappa shape index (κ3) is 4.44. The molecule has 1 aromatic carbocycles. The molecule has 0 bridgehead atoms. The molecule has 15 heavy (non-hydrogen) atoms. The van der Waals surface area contributed by atoms with Gasteiger partial charge in [-0.15, -0.1) is 0 Å². The van der Waals surface area contributed by atoms with Crippen molar-refractivity contribution in [1.29, 1.82) is 0 Å². The van der Waals surface area contributed by atoms with Gasteiger partial charge < -0.3 is 10.6 Å². The van der Waals surface area contributed by atoms with E-state index in [1.165, 1.54) is 12.1 Å². The lowest BCUT2D eigenvalue weighted by Gasteiger charge is -2.05. The second-order valence-corrected chi connectivity index (χ2v) is 3.14. The van der Waals surface area contributed by atoms with E-state index in [0.29, 0.717) is 19.5 Å². The molecule has 4 heteroatoms. The Morgan fingerprint density at radius 1 is 1.33 bits per heavy atom. The van der Waals surface area contributed by atoms with Gasteiger partial charge in [0.25, 0.3) is 0 Å². The van der Waals surface area contributed by atoms with E-state index in [4.69, 9.17) is 0 Å². The summed E-state index contributed by atoms with van der Waals surface area (Å²) in [6.07, 6.45) is 0.422. The van der Waals surface area contributed by atoms with Crippen LogP contribution in [0.2, 0.25) is 0 Å². The number of halogens is 1. The van der Waals surface area contributed by atoms with Crippen molar-refractivity contribution >= 4 is 11.6 Å². The Morgan fingerprint density at radius 3 is 2.60 bits per heavy atom. The fourth-order valence-corrected chi connectivity index (χ4v) is 1.17. The number of hydrogen-bond donors (Lipinski definition) is 2. The SMILES string of the molecule is CCNC(=O)CCNc1ccc(F)cc1. The van der Waals surface area contributed by atoms with Crippen molar-refractivity contribution in [2.24, 2.45) is 0 Å². The molecule has 0 spiro atoms. The Hall–Kier alpha value is -1.58. The molecular weight excluding hydrogens is 195 g/mol. The predicted octanol–water partition coefficient (Wildman–Crippen LogP) is 1.76. The first kappa shape index (κ1) is 11.5. The van der Waals surface area contributed by atoms with Crippen molar-refractivity contribution in [3.05, 3.63) is 30.1 Å². The molecule has 0 aliphatic rings. The molecule has 3 nitrogen and oxygen atoms in total. The first-order valence-corrected chi connectivity index (χ1v) is 4.98. The van der Waals surface area contributed by atoms with E-state index >= 15 is 0 Å².